The SMILES string of the molecule is C1=c2c(cccc2=c2cccc3c2=Cc2ccccc2N3)Nc2ccccc21. The fraction of sp³-hybridized carbons (Fsp3) is 0. The Kier molecular flexibility index (Phi) is 3.20. The standard InChI is InChI=1S/C26H18N2/c1-3-11-23-17(7-1)15-21-19(9-5-13-25(21)27-23)20-10-6-14-26-22(20)16-18-8-2-4-12-24(18)28-26/h1-16,27-28H. The van der Waals surface area contributed by atoms with E-state index in [4.69, 9.17) is 0 Å². The first kappa shape index (κ1) is 15.3. The van der Waals surface area contributed by atoms with Gasteiger partial charge in [-0.1, -0.05) is 60.7 Å². The summed E-state index contributed by atoms with van der Waals surface area (Å²) in [5.41, 5.74) is 7.06. The van der Waals surface area contributed by atoms with Gasteiger partial charge in [-0.3, -0.25) is 0 Å². The second-order valence-electron chi connectivity index (χ2n) is 7.25. The molecule has 132 valence electrons. The van der Waals surface area contributed by atoms with Gasteiger partial charge in [-0.05, 0) is 58.0 Å². The Bertz CT molecular complexity index is 1350. The summed E-state index contributed by atoms with van der Waals surface area (Å²) < 4.78 is 0. The quantitative estimate of drug-likeness (QED) is 0.410. The van der Waals surface area contributed by atoms with E-state index in [1.807, 2.05) is 0 Å². The molecule has 0 aliphatic carbocycles. The van der Waals surface area contributed by atoms with Crippen molar-refractivity contribution in [2.45, 2.75) is 0 Å². The molecule has 2 nitrogen and oxygen atoms in total. The second-order valence-corrected chi connectivity index (χ2v) is 7.25. The van der Waals surface area contributed by atoms with E-state index in [0.717, 1.165) is 22.7 Å². The third-order valence-electron chi connectivity index (χ3n) is 5.56. The molecule has 0 amide bonds. The lowest BCUT2D eigenvalue weighted by molar-refractivity contribution is 1.35. The average molecular weight is 358 g/mol. The summed E-state index contributed by atoms with van der Waals surface area (Å²) in [5, 5.41) is 12.1. The molecule has 0 radical (unpaired) electrons. The molecule has 0 saturated heterocycles. The van der Waals surface area contributed by atoms with Gasteiger partial charge in [0.25, 0.3) is 0 Å². The third kappa shape index (κ3) is 2.28. The van der Waals surface area contributed by atoms with Crippen molar-refractivity contribution in [2.24, 2.45) is 0 Å². The lowest BCUT2D eigenvalue weighted by Gasteiger charge is -2.17. The van der Waals surface area contributed by atoms with Gasteiger partial charge in [-0.15, -0.1) is 0 Å². The van der Waals surface area contributed by atoms with Gasteiger partial charge in [0.15, 0.2) is 0 Å². The van der Waals surface area contributed by atoms with Crippen LogP contribution in [0.15, 0.2) is 84.9 Å². The van der Waals surface area contributed by atoms with Crippen LogP contribution in [-0.2, 0) is 0 Å². The summed E-state index contributed by atoms with van der Waals surface area (Å²) in [6, 6.07) is 29.9. The van der Waals surface area contributed by atoms with Crippen LogP contribution in [0.4, 0.5) is 22.7 Å². The minimum Gasteiger partial charge on any atom is -0.355 e. The second kappa shape index (κ2) is 5.86. The Morgan fingerprint density at radius 2 is 0.821 bits per heavy atom. The minimum absolute atomic E-state index is 1.15. The topological polar surface area (TPSA) is 24.1 Å². The normalized spacial score (nSPS) is 14.0. The molecule has 0 aromatic heterocycles. The highest BCUT2D eigenvalue weighted by Crippen LogP contribution is 2.25. The molecule has 2 aliphatic heterocycles. The third-order valence-corrected chi connectivity index (χ3v) is 5.56. The fourth-order valence-corrected chi connectivity index (χ4v) is 4.20. The highest BCUT2D eigenvalue weighted by Gasteiger charge is 2.11. The van der Waals surface area contributed by atoms with Crippen LogP contribution in [0.5, 0.6) is 0 Å². The number of hydrogen-bond acceptors (Lipinski definition) is 2. The van der Waals surface area contributed by atoms with Crippen LogP contribution in [0.1, 0.15) is 11.1 Å². The predicted octanol–water partition coefficient (Wildman–Crippen LogP) is 4.75. The number of benzene rings is 4. The molecule has 0 spiro atoms. The lowest BCUT2D eigenvalue weighted by Crippen LogP contribution is -2.20. The molecule has 0 unspecified atom stereocenters. The van der Waals surface area contributed by atoms with Gasteiger partial charge in [-0.2, -0.15) is 0 Å². The summed E-state index contributed by atoms with van der Waals surface area (Å²) in [4.78, 5) is 0. The van der Waals surface area contributed by atoms with E-state index in [1.165, 1.54) is 32.0 Å². The first-order valence-electron chi connectivity index (χ1n) is 9.55. The highest BCUT2D eigenvalue weighted by atomic mass is 14.9. The smallest absolute Gasteiger partial charge is 0.0464 e. The Morgan fingerprint density at radius 1 is 0.393 bits per heavy atom. The zero-order valence-electron chi connectivity index (χ0n) is 15.2. The predicted molar refractivity (Wildman–Crippen MR) is 116 cm³/mol. The van der Waals surface area contributed by atoms with E-state index in [9.17, 15) is 0 Å². The van der Waals surface area contributed by atoms with E-state index < -0.39 is 0 Å². The Morgan fingerprint density at radius 3 is 1.32 bits per heavy atom. The van der Waals surface area contributed by atoms with Crippen LogP contribution in [0.2, 0.25) is 0 Å². The van der Waals surface area contributed by atoms with E-state index in [2.05, 4.69) is 108 Å². The molecule has 0 fully saturated rings. The molecular weight excluding hydrogens is 340 g/mol. The molecule has 6 rings (SSSR count). The largest absolute Gasteiger partial charge is 0.355 e. The van der Waals surface area contributed by atoms with E-state index >= 15 is 0 Å². The van der Waals surface area contributed by atoms with Crippen molar-refractivity contribution in [3.63, 3.8) is 0 Å². The van der Waals surface area contributed by atoms with E-state index in [1.54, 1.807) is 0 Å². The average Bonchev–Trinajstić information content (AvgIpc) is 2.75. The van der Waals surface area contributed by atoms with Gasteiger partial charge in [0.05, 0.1) is 0 Å². The summed E-state index contributed by atoms with van der Waals surface area (Å²) in [7, 11) is 0. The summed E-state index contributed by atoms with van der Waals surface area (Å²) in [5.74, 6) is 0. The van der Waals surface area contributed by atoms with Gasteiger partial charge in [-0.25, -0.2) is 0 Å². The number of rotatable bonds is 0. The van der Waals surface area contributed by atoms with Gasteiger partial charge in [0.1, 0.15) is 0 Å². The van der Waals surface area contributed by atoms with Crippen molar-refractivity contribution < 1.29 is 0 Å². The zero-order valence-corrected chi connectivity index (χ0v) is 15.2. The highest BCUT2D eigenvalue weighted by molar-refractivity contribution is 5.80. The Labute approximate surface area is 162 Å². The number of hydrogen-bond donors (Lipinski definition) is 2. The Hall–Kier alpha value is -3.78. The van der Waals surface area contributed by atoms with Gasteiger partial charge in [0.2, 0.25) is 0 Å². The maximum absolute atomic E-state index is 3.59. The molecule has 4 aromatic carbocycles. The van der Waals surface area contributed by atoms with Crippen molar-refractivity contribution in [1.29, 1.82) is 0 Å². The fourth-order valence-electron chi connectivity index (χ4n) is 4.20. The number of nitrogens with one attached hydrogen (secondary N) is 2. The molecule has 0 atom stereocenters. The Balaban J connectivity index is 1.78. The van der Waals surface area contributed by atoms with Crippen LogP contribution in [0, 0.1) is 10.4 Å². The van der Waals surface area contributed by atoms with Crippen LogP contribution >= 0.6 is 0 Å². The van der Waals surface area contributed by atoms with Crippen molar-refractivity contribution in [1.82, 2.24) is 0 Å². The maximum atomic E-state index is 3.59. The maximum Gasteiger partial charge on any atom is 0.0464 e. The summed E-state index contributed by atoms with van der Waals surface area (Å²) >= 11 is 0. The van der Waals surface area contributed by atoms with Crippen LogP contribution < -0.4 is 21.1 Å². The minimum atomic E-state index is 1.15. The molecule has 2 aliphatic rings. The summed E-state index contributed by atoms with van der Waals surface area (Å²) in [6.45, 7) is 0. The zero-order chi connectivity index (χ0) is 18.5. The van der Waals surface area contributed by atoms with Crippen LogP contribution in [0.3, 0.4) is 0 Å². The van der Waals surface area contributed by atoms with E-state index in [-0.39, 0.29) is 0 Å². The molecule has 0 bridgehead atoms. The first-order chi connectivity index (χ1) is 13.9. The number of anilines is 4. The number of fused-ring (bicyclic) bond motifs is 4. The lowest BCUT2D eigenvalue weighted by atomic mass is 10.0. The molecular formula is C26H18N2. The molecule has 4 aromatic rings. The van der Waals surface area contributed by atoms with Crippen LogP contribution in [-0.4, -0.2) is 0 Å². The van der Waals surface area contributed by atoms with Gasteiger partial charge < -0.3 is 10.6 Å². The monoisotopic (exact) mass is 358 g/mol. The van der Waals surface area contributed by atoms with Gasteiger partial charge >= 0.3 is 0 Å². The summed E-state index contributed by atoms with van der Waals surface area (Å²) in [6.07, 6.45) is 4.58. The van der Waals surface area contributed by atoms with Crippen LogP contribution in [0.25, 0.3) is 12.2 Å². The molecule has 2 N–H and O–H groups in total. The van der Waals surface area contributed by atoms with Crippen molar-refractivity contribution in [2.75, 3.05) is 10.6 Å². The first-order valence-corrected chi connectivity index (χ1v) is 9.55. The molecule has 28 heavy (non-hydrogen) atoms. The van der Waals surface area contributed by atoms with Gasteiger partial charge in [0, 0.05) is 33.2 Å². The molecule has 2 heteroatoms. The van der Waals surface area contributed by atoms with Crippen molar-refractivity contribution in [3.05, 3.63) is 117 Å². The number of para-hydroxylation sites is 2. The van der Waals surface area contributed by atoms with E-state index in [0.29, 0.717) is 0 Å². The van der Waals surface area contributed by atoms with Crippen molar-refractivity contribution >= 4 is 34.9 Å². The molecule has 2 heterocycles. The van der Waals surface area contributed by atoms with Crippen molar-refractivity contribution in [3.8, 4) is 0 Å². The molecule has 0 saturated carbocycles.